The first kappa shape index (κ1) is 19.5. The van der Waals surface area contributed by atoms with Gasteiger partial charge in [-0.1, -0.05) is 25.7 Å². The summed E-state index contributed by atoms with van der Waals surface area (Å²) >= 11 is 0. The Morgan fingerprint density at radius 1 is 0.923 bits per heavy atom. The van der Waals surface area contributed by atoms with E-state index in [0.717, 1.165) is 30.6 Å². The Labute approximate surface area is 157 Å². The number of ether oxygens (including phenoxy) is 1. The fraction of sp³-hybridized carbons (Fsp3) is 0.900. The third kappa shape index (κ3) is 5.35. The quantitative estimate of drug-likeness (QED) is 0.734. The summed E-state index contributed by atoms with van der Waals surface area (Å²) in [4.78, 5) is 27.1. The first-order chi connectivity index (χ1) is 12.7. The maximum absolute atomic E-state index is 12.1. The van der Waals surface area contributed by atoms with Crippen LogP contribution in [0.4, 0.5) is 4.79 Å². The van der Waals surface area contributed by atoms with Gasteiger partial charge in [-0.25, -0.2) is 4.79 Å². The van der Waals surface area contributed by atoms with Crippen LogP contribution in [0.3, 0.4) is 0 Å². The monoisotopic (exact) mass is 365 g/mol. The topological polar surface area (TPSA) is 75.9 Å². The molecule has 0 aromatic heterocycles. The van der Waals surface area contributed by atoms with Crippen molar-refractivity contribution in [3.8, 4) is 0 Å². The average molecular weight is 366 g/mol. The molecule has 3 fully saturated rings. The Morgan fingerprint density at radius 2 is 1.58 bits per heavy atom. The SMILES string of the molecule is NCC(=O)N1CCN(C(=O)OCCCCC2CC3CCCC(C2)C3)CC1. The van der Waals surface area contributed by atoms with Crippen LogP contribution in [0.5, 0.6) is 0 Å². The van der Waals surface area contributed by atoms with E-state index in [-0.39, 0.29) is 18.5 Å². The van der Waals surface area contributed by atoms with Crippen LogP contribution in [0, 0.1) is 17.8 Å². The van der Waals surface area contributed by atoms with Gasteiger partial charge in [-0.05, 0) is 49.9 Å². The van der Waals surface area contributed by atoms with Gasteiger partial charge in [0.1, 0.15) is 0 Å². The average Bonchev–Trinajstić information content (AvgIpc) is 2.67. The Bertz CT molecular complexity index is 465. The number of hydrogen-bond donors (Lipinski definition) is 1. The molecule has 148 valence electrons. The molecule has 3 rings (SSSR count). The molecular formula is C20H35N3O3. The van der Waals surface area contributed by atoms with Crippen molar-refractivity contribution in [3.63, 3.8) is 0 Å². The normalized spacial score (nSPS) is 28.7. The number of fused-ring (bicyclic) bond motifs is 2. The van der Waals surface area contributed by atoms with Crippen molar-refractivity contribution >= 4 is 12.0 Å². The number of nitrogens with two attached hydrogens (primary N) is 1. The molecule has 3 aliphatic rings. The minimum atomic E-state index is -0.239. The third-order valence-corrected chi connectivity index (χ3v) is 6.52. The number of carbonyl (C=O) groups is 2. The van der Waals surface area contributed by atoms with Crippen LogP contribution in [-0.4, -0.2) is 61.1 Å². The van der Waals surface area contributed by atoms with Crippen molar-refractivity contribution in [2.45, 2.75) is 57.8 Å². The minimum absolute atomic E-state index is 0.0347. The van der Waals surface area contributed by atoms with Crippen LogP contribution in [-0.2, 0) is 9.53 Å². The van der Waals surface area contributed by atoms with E-state index in [1.165, 1.54) is 44.9 Å². The van der Waals surface area contributed by atoms with Gasteiger partial charge in [0.25, 0.3) is 0 Å². The summed E-state index contributed by atoms with van der Waals surface area (Å²) in [5, 5.41) is 0. The van der Waals surface area contributed by atoms with E-state index in [9.17, 15) is 9.59 Å². The van der Waals surface area contributed by atoms with Crippen molar-refractivity contribution < 1.29 is 14.3 Å². The van der Waals surface area contributed by atoms with Crippen LogP contribution in [0.2, 0.25) is 0 Å². The molecular weight excluding hydrogens is 330 g/mol. The molecule has 0 aromatic carbocycles. The van der Waals surface area contributed by atoms with E-state index < -0.39 is 0 Å². The molecule has 1 heterocycles. The summed E-state index contributed by atoms with van der Waals surface area (Å²) < 4.78 is 5.43. The van der Waals surface area contributed by atoms with Crippen LogP contribution < -0.4 is 5.73 Å². The molecule has 0 spiro atoms. The summed E-state index contributed by atoms with van der Waals surface area (Å²) in [5.41, 5.74) is 5.38. The van der Waals surface area contributed by atoms with Gasteiger partial charge in [-0.2, -0.15) is 0 Å². The van der Waals surface area contributed by atoms with Gasteiger partial charge in [0, 0.05) is 26.2 Å². The smallest absolute Gasteiger partial charge is 0.409 e. The predicted octanol–water partition coefficient (Wildman–Crippen LogP) is 2.61. The number of nitrogens with zero attached hydrogens (tertiary/aromatic N) is 2. The number of rotatable bonds is 6. The van der Waals surface area contributed by atoms with E-state index >= 15 is 0 Å². The Morgan fingerprint density at radius 3 is 2.23 bits per heavy atom. The van der Waals surface area contributed by atoms with Gasteiger partial charge in [0.05, 0.1) is 13.2 Å². The van der Waals surface area contributed by atoms with Gasteiger partial charge in [0.15, 0.2) is 0 Å². The molecule has 1 saturated heterocycles. The highest BCUT2D eigenvalue weighted by Gasteiger charge is 2.31. The number of amides is 2. The van der Waals surface area contributed by atoms with Gasteiger partial charge >= 0.3 is 6.09 Å². The molecule has 0 radical (unpaired) electrons. The molecule has 2 N–H and O–H groups in total. The van der Waals surface area contributed by atoms with Crippen LogP contribution in [0.25, 0.3) is 0 Å². The molecule has 2 amide bonds. The van der Waals surface area contributed by atoms with Gasteiger partial charge in [-0.15, -0.1) is 0 Å². The number of piperazine rings is 1. The molecule has 2 atom stereocenters. The summed E-state index contributed by atoms with van der Waals surface area (Å²) in [7, 11) is 0. The van der Waals surface area contributed by atoms with Crippen LogP contribution in [0.15, 0.2) is 0 Å². The van der Waals surface area contributed by atoms with Crippen LogP contribution >= 0.6 is 0 Å². The summed E-state index contributed by atoms with van der Waals surface area (Å²) in [5.74, 6) is 2.85. The van der Waals surface area contributed by atoms with Gasteiger partial charge < -0.3 is 20.3 Å². The lowest BCUT2D eigenvalue weighted by atomic mass is 9.67. The van der Waals surface area contributed by atoms with E-state index in [2.05, 4.69) is 0 Å². The molecule has 2 aliphatic carbocycles. The Balaban J connectivity index is 1.25. The van der Waals surface area contributed by atoms with E-state index in [0.29, 0.717) is 32.8 Å². The number of carbonyl (C=O) groups excluding carboxylic acids is 2. The van der Waals surface area contributed by atoms with Crippen molar-refractivity contribution in [1.29, 1.82) is 0 Å². The molecule has 1 aliphatic heterocycles. The van der Waals surface area contributed by atoms with Crippen molar-refractivity contribution in [2.75, 3.05) is 39.3 Å². The summed E-state index contributed by atoms with van der Waals surface area (Å²) in [6.07, 6.45) is 11.9. The predicted molar refractivity (Wildman–Crippen MR) is 101 cm³/mol. The van der Waals surface area contributed by atoms with E-state index in [1.54, 1.807) is 9.80 Å². The lowest BCUT2D eigenvalue weighted by Gasteiger charge is -2.39. The summed E-state index contributed by atoms with van der Waals surface area (Å²) in [6, 6.07) is 0. The Hall–Kier alpha value is -1.30. The lowest BCUT2D eigenvalue weighted by molar-refractivity contribution is -0.131. The molecule has 26 heavy (non-hydrogen) atoms. The second-order valence-corrected chi connectivity index (χ2v) is 8.42. The maximum Gasteiger partial charge on any atom is 0.409 e. The van der Waals surface area contributed by atoms with E-state index in [4.69, 9.17) is 10.5 Å². The van der Waals surface area contributed by atoms with Crippen molar-refractivity contribution in [1.82, 2.24) is 9.80 Å². The van der Waals surface area contributed by atoms with Gasteiger partial charge in [0.2, 0.25) is 5.91 Å². The third-order valence-electron chi connectivity index (χ3n) is 6.52. The molecule has 2 bridgehead atoms. The molecule has 6 heteroatoms. The number of unbranched alkanes of at least 4 members (excludes halogenated alkanes) is 1. The molecule has 0 aromatic rings. The lowest BCUT2D eigenvalue weighted by Crippen LogP contribution is -2.52. The highest BCUT2D eigenvalue weighted by molar-refractivity contribution is 5.78. The first-order valence-electron chi connectivity index (χ1n) is 10.5. The zero-order valence-electron chi connectivity index (χ0n) is 16.0. The fourth-order valence-electron chi connectivity index (χ4n) is 5.16. The largest absolute Gasteiger partial charge is 0.449 e. The van der Waals surface area contributed by atoms with E-state index in [1.807, 2.05) is 0 Å². The fourth-order valence-corrected chi connectivity index (χ4v) is 5.16. The zero-order valence-corrected chi connectivity index (χ0v) is 16.0. The minimum Gasteiger partial charge on any atom is -0.449 e. The highest BCUT2D eigenvalue weighted by Crippen LogP contribution is 2.43. The highest BCUT2D eigenvalue weighted by atomic mass is 16.6. The van der Waals surface area contributed by atoms with Crippen LogP contribution in [0.1, 0.15) is 57.8 Å². The molecule has 6 nitrogen and oxygen atoms in total. The second kappa shape index (κ2) is 9.58. The maximum atomic E-state index is 12.1. The van der Waals surface area contributed by atoms with Crippen molar-refractivity contribution in [3.05, 3.63) is 0 Å². The van der Waals surface area contributed by atoms with Gasteiger partial charge in [-0.3, -0.25) is 4.79 Å². The first-order valence-corrected chi connectivity index (χ1v) is 10.5. The van der Waals surface area contributed by atoms with Crippen molar-refractivity contribution in [2.24, 2.45) is 23.5 Å². The second-order valence-electron chi connectivity index (χ2n) is 8.42. The Kier molecular flexibility index (Phi) is 7.17. The molecule has 2 unspecified atom stereocenters. The number of hydrogen-bond acceptors (Lipinski definition) is 4. The molecule has 2 saturated carbocycles. The summed E-state index contributed by atoms with van der Waals surface area (Å²) in [6.45, 7) is 2.72. The standard InChI is InChI=1S/C20H35N3O3/c21-15-19(24)22-7-9-23(10-8-22)20(25)26-11-2-1-4-16-12-17-5-3-6-18(13-16)14-17/h16-18H,1-15,21H2. The zero-order chi connectivity index (χ0) is 18.4.